The highest BCUT2D eigenvalue weighted by atomic mass is 32.2. The molecular weight excluding hydrogens is 526 g/mol. The lowest BCUT2D eigenvalue weighted by molar-refractivity contribution is -0.142. The molecule has 0 unspecified atom stereocenters. The molecule has 2 aliphatic rings. The average molecular weight is 553 g/mol. The molecule has 4 aromatic rings. The first-order chi connectivity index (χ1) is 18.7. The molecule has 11 heteroatoms. The Kier molecular flexibility index (Phi) is 6.30. The van der Waals surface area contributed by atoms with E-state index in [1.807, 2.05) is 28.8 Å². The normalized spacial score (nSPS) is 20.0. The van der Waals surface area contributed by atoms with E-state index in [0.717, 1.165) is 22.2 Å². The summed E-state index contributed by atoms with van der Waals surface area (Å²) in [6.07, 6.45) is 3.81. The first kappa shape index (κ1) is 25.7. The Bertz CT molecular complexity index is 1570. The zero-order valence-electron chi connectivity index (χ0n) is 21.5. The molecule has 0 saturated carbocycles. The Labute approximate surface area is 227 Å². The third-order valence-electron chi connectivity index (χ3n) is 7.08. The zero-order valence-corrected chi connectivity index (χ0v) is 22.3. The van der Waals surface area contributed by atoms with Gasteiger partial charge in [0.25, 0.3) is 0 Å². The van der Waals surface area contributed by atoms with Gasteiger partial charge in [-0.1, -0.05) is 12.1 Å². The van der Waals surface area contributed by atoms with Crippen LogP contribution in [0.1, 0.15) is 56.4 Å². The fraction of sp³-hybridized carbons (Fsp3) is 0.357. The second-order valence-electron chi connectivity index (χ2n) is 10.1. The van der Waals surface area contributed by atoms with Crippen LogP contribution in [0.3, 0.4) is 0 Å². The molecule has 8 nitrogen and oxygen atoms in total. The third kappa shape index (κ3) is 4.43. The summed E-state index contributed by atoms with van der Waals surface area (Å²) in [5.41, 5.74) is 2.56. The van der Waals surface area contributed by atoms with Gasteiger partial charge in [-0.15, -0.1) is 11.8 Å². The van der Waals surface area contributed by atoms with Crippen molar-refractivity contribution in [1.29, 1.82) is 0 Å². The van der Waals surface area contributed by atoms with Crippen LogP contribution in [-0.4, -0.2) is 49.1 Å². The van der Waals surface area contributed by atoms with E-state index >= 15 is 0 Å². The molecule has 202 valence electrons. The summed E-state index contributed by atoms with van der Waals surface area (Å²) in [5, 5.41) is 9.62. The molecule has 4 heterocycles. The summed E-state index contributed by atoms with van der Waals surface area (Å²) in [7, 11) is 0. The maximum absolute atomic E-state index is 13.4. The van der Waals surface area contributed by atoms with Crippen LogP contribution in [0.4, 0.5) is 8.78 Å². The molecule has 0 aliphatic carbocycles. The zero-order chi connectivity index (χ0) is 27.5. The Hall–Kier alpha value is -3.57. The van der Waals surface area contributed by atoms with Crippen molar-refractivity contribution in [3.63, 3.8) is 0 Å². The van der Waals surface area contributed by atoms with Crippen molar-refractivity contribution >= 4 is 28.8 Å². The first-order valence-electron chi connectivity index (χ1n) is 12.6. The van der Waals surface area contributed by atoms with E-state index in [2.05, 4.69) is 9.97 Å². The molecule has 2 aromatic carbocycles. The van der Waals surface area contributed by atoms with Crippen LogP contribution in [0.25, 0.3) is 22.2 Å². The molecule has 0 amide bonds. The summed E-state index contributed by atoms with van der Waals surface area (Å²) in [5.74, 6) is 0.475. The van der Waals surface area contributed by atoms with E-state index in [1.165, 1.54) is 17.8 Å². The van der Waals surface area contributed by atoms with Crippen molar-refractivity contribution in [1.82, 2.24) is 19.5 Å². The van der Waals surface area contributed by atoms with Crippen molar-refractivity contribution in [2.45, 2.75) is 61.5 Å². The number of fused-ring (bicyclic) bond motifs is 9. The van der Waals surface area contributed by atoms with Gasteiger partial charge in [0.1, 0.15) is 22.4 Å². The SMILES string of the molecule is CCOC(=O)[C@@H]1Sc2cccc(OC(F)F)c2[C@H]2C[C@@H]1c1nc3ccc(-c4cnc(C(C)(C)O)nc4)cc3n12. The van der Waals surface area contributed by atoms with E-state index in [0.29, 0.717) is 28.5 Å². The number of alkyl halides is 2. The third-order valence-corrected chi connectivity index (χ3v) is 8.47. The number of rotatable bonds is 6. The van der Waals surface area contributed by atoms with Crippen molar-refractivity contribution in [2.75, 3.05) is 6.61 Å². The van der Waals surface area contributed by atoms with Gasteiger partial charge < -0.3 is 19.1 Å². The average Bonchev–Trinajstić information content (AvgIpc) is 3.37. The molecule has 2 aliphatic heterocycles. The molecule has 3 atom stereocenters. The first-order valence-corrected chi connectivity index (χ1v) is 13.5. The largest absolute Gasteiger partial charge is 0.465 e. The minimum Gasteiger partial charge on any atom is -0.465 e. The van der Waals surface area contributed by atoms with Crippen LogP contribution in [0.15, 0.2) is 53.7 Å². The number of aliphatic hydroxyl groups is 1. The molecule has 6 rings (SSSR count). The molecule has 2 bridgehead atoms. The molecule has 0 radical (unpaired) electrons. The topological polar surface area (TPSA) is 99.4 Å². The Morgan fingerprint density at radius 2 is 1.97 bits per heavy atom. The second-order valence-corrected chi connectivity index (χ2v) is 11.3. The van der Waals surface area contributed by atoms with E-state index in [1.54, 1.807) is 39.2 Å². The maximum Gasteiger partial charge on any atom is 0.387 e. The molecule has 1 N–H and O–H groups in total. The predicted molar refractivity (Wildman–Crippen MR) is 141 cm³/mol. The molecule has 0 fully saturated rings. The van der Waals surface area contributed by atoms with Crippen molar-refractivity contribution in [3.05, 3.63) is 66.0 Å². The van der Waals surface area contributed by atoms with Gasteiger partial charge in [0, 0.05) is 34.3 Å². The van der Waals surface area contributed by atoms with E-state index < -0.39 is 17.5 Å². The van der Waals surface area contributed by atoms with Gasteiger partial charge in [0.2, 0.25) is 0 Å². The number of halogens is 2. The van der Waals surface area contributed by atoms with Gasteiger partial charge >= 0.3 is 12.6 Å². The number of imidazole rings is 1. The van der Waals surface area contributed by atoms with Crippen LogP contribution >= 0.6 is 11.8 Å². The summed E-state index contributed by atoms with van der Waals surface area (Å²) in [6, 6.07) is 10.4. The number of hydrogen-bond acceptors (Lipinski definition) is 8. The highest BCUT2D eigenvalue weighted by Crippen LogP contribution is 2.55. The van der Waals surface area contributed by atoms with Gasteiger partial charge in [0.15, 0.2) is 5.82 Å². The number of aromatic nitrogens is 4. The lowest BCUT2D eigenvalue weighted by Crippen LogP contribution is -2.26. The second kappa shape index (κ2) is 9.56. The minimum atomic E-state index is -2.99. The van der Waals surface area contributed by atoms with Crippen LogP contribution in [0, 0.1) is 0 Å². The van der Waals surface area contributed by atoms with Crippen molar-refractivity contribution in [2.24, 2.45) is 0 Å². The number of hydrogen-bond donors (Lipinski definition) is 1. The molecule has 0 spiro atoms. The van der Waals surface area contributed by atoms with Gasteiger partial charge in [0.05, 0.1) is 23.7 Å². The van der Waals surface area contributed by atoms with Gasteiger partial charge in [-0.25, -0.2) is 15.0 Å². The van der Waals surface area contributed by atoms with Gasteiger partial charge in [-0.05, 0) is 57.0 Å². The van der Waals surface area contributed by atoms with E-state index in [-0.39, 0.29) is 30.3 Å². The predicted octanol–water partition coefficient (Wildman–Crippen LogP) is 5.44. The molecule has 0 saturated heterocycles. The quantitative estimate of drug-likeness (QED) is 0.316. The van der Waals surface area contributed by atoms with Crippen LogP contribution < -0.4 is 4.74 Å². The Morgan fingerprint density at radius 1 is 1.21 bits per heavy atom. The van der Waals surface area contributed by atoms with E-state index in [4.69, 9.17) is 14.5 Å². The number of esters is 1. The van der Waals surface area contributed by atoms with E-state index in [9.17, 15) is 18.7 Å². The van der Waals surface area contributed by atoms with Gasteiger partial charge in [-0.2, -0.15) is 8.78 Å². The van der Waals surface area contributed by atoms with Gasteiger partial charge in [-0.3, -0.25) is 4.79 Å². The minimum absolute atomic E-state index is 0.0877. The van der Waals surface area contributed by atoms with Crippen molar-refractivity contribution in [3.8, 4) is 16.9 Å². The summed E-state index contributed by atoms with van der Waals surface area (Å²) < 4.78 is 39.3. The standard InChI is InChI=1S/C28H26F2N4O4S/c1-4-37-25(35)23-16-11-19(22-20(38-27(29)30)6-5-7-21(22)39-23)34-18-10-14(8-9-17(18)33-24(16)34)15-12-31-26(32-13-15)28(2,3)36/h5-10,12-13,16,19,23,27,36H,4,11H2,1-3H3/t16-,19+,23+/m0/s1. The fourth-order valence-electron chi connectivity index (χ4n) is 5.44. The summed E-state index contributed by atoms with van der Waals surface area (Å²) in [6.45, 7) is 2.25. The number of nitrogens with zero attached hydrogens (tertiary/aromatic N) is 4. The van der Waals surface area contributed by atoms with Crippen molar-refractivity contribution < 1.29 is 28.2 Å². The maximum atomic E-state index is 13.4. The number of carbonyl (C=O) groups excluding carboxylic acids is 1. The summed E-state index contributed by atoms with van der Waals surface area (Å²) in [4.78, 5) is 27.4. The molecule has 2 aromatic heterocycles. The Morgan fingerprint density at radius 3 is 2.67 bits per heavy atom. The van der Waals surface area contributed by atoms with Crippen LogP contribution in [0.2, 0.25) is 0 Å². The number of benzene rings is 2. The smallest absolute Gasteiger partial charge is 0.387 e. The Balaban J connectivity index is 1.52. The highest BCUT2D eigenvalue weighted by molar-refractivity contribution is 8.00. The molecule has 39 heavy (non-hydrogen) atoms. The van der Waals surface area contributed by atoms with Crippen LogP contribution in [0.5, 0.6) is 5.75 Å². The number of ether oxygens (including phenoxy) is 2. The summed E-state index contributed by atoms with van der Waals surface area (Å²) >= 11 is 1.32. The van der Waals surface area contributed by atoms with Crippen LogP contribution in [-0.2, 0) is 15.1 Å². The molecular formula is C28H26F2N4O4S. The number of carbonyl (C=O) groups is 1. The monoisotopic (exact) mass is 552 g/mol. The lowest BCUT2D eigenvalue weighted by Gasteiger charge is -2.23. The fourth-order valence-corrected chi connectivity index (χ4v) is 6.80. The number of thioether (sulfide) groups is 1. The lowest BCUT2D eigenvalue weighted by atomic mass is 9.95. The highest BCUT2D eigenvalue weighted by Gasteiger charge is 2.47.